The zero-order valence-corrected chi connectivity index (χ0v) is 24.4. The summed E-state index contributed by atoms with van der Waals surface area (Å²) in [5.74, 6) is -2.03. The number of amides is 2. The number of nitrogens with one attached hydrogen (secondary N) is 2. The fraction of sp³-hybridized carbons (Fsp3) is 0.778. The van der Waals surface area contributed by atoms with Gasteiger partial charge in [-0.2, -0.15) is 0 Å². The minimum Gasteiger partial charge on any atom is -0.480 e. The lowest BCUT2D eigenvalue weighted by Crippen LogP contribution is -2.49. The number of ketones is 1. The van der Waals surface area contributed by atoms with Gasteiger partial charge in [-0.3, -0.25) is 38.8 Å². The number of hydrogen-bond donors (Lipinski definition) is 4. The average molecular weight is 585 g/mol. The van der Waals surface area contributed by atoms with Crippen LogP contribution in [-0.2, 0) is 28.8 Å². The van der Waals surface area contributed by atoms with Crippen LogP contribution in [-0.4, -0.2) is 157 Å². The van der Waals surface area contributed by atoms with E-state index in [1.54, 1.807) is 9.80 Å². The summed E-state index contributed by atoms with van der Waals surface area (Å²) in [6, 6.07) is 0. The number of Topliss-reactive ketones (excluding diaryl/α,β-unsaturated/α-hetero) is 1. The summed E-state index contributed by atoms with van der Waals surface area (Å²) in [4.78, 5) is 76.6. The van der Waals surface area contributed by atoms with E-state index in [0.717, 1.165) is 19.1 Å². The van der Waals surface area contributed by atoms with Crippen molar-refractivity contribution in [3.8, 4) is 0 Å². The molecule has 0 spiro atoms. The first-order valence-electron chi connectivity index (χ1n) is 14.4. The van der Waals surface area contributed by atoms with Crippen molar-refractivity contribution < 1.29 is 39.0 Å². The molecule has 0 radical (unpaired) electrons. The van der Waals surface area contributed by atoms with Crippen LogP contribution in [0.4, 0.5) is 0 Å². The lowest BCUT2D eigenvalue weighted by Gasteiger charge is -2.32. The summed E-state index contributed by atoms with van der Waals surface area (Å²) in [7, 11) is 0. The number of unbranched alkanes of at least 4 members (excludes halogenated alkanes) is 2. The molecule has 14 heteroatoms. The van der Waals surface area contributed by atoms with Gasteiger partial charge in [-0.05, 0) is 26.2 Å². The molecule has 0 aromatic carbocycles. The molecule has 41 heavy (non-hydrogen) atoms. The van der Waals surface area contributed by atoms with Gasteiger partial charge in [0.25, 0.3) is 0 Å². The molecule has 234 valence electrons. The van der Waals surface area contributed by atoms with Crippen molar-refractivity contribution in [1.29, 1.82) is 0 Å². The van der Waals surface area contributed by atoms with Crippen LogP contribution in [0.25, 0.3) is 0 Å². The van der Waals surface area contributed by atoms with Crippen LogP contribution in [0.1, 0.15) is 45.4 Å². The first-order valence-corrected chi connectivity index (χ1v) is 14.4. The van der Waals surface area contributed by atoms with Gasteiger partial charge in [0, 0.05) is 78.3 Å². The molecule has 0 atom stereocenters. The minimum absolute atomic E-state index is 0.0388. The molecule has 0 saturated carbocycles. The van der Waals surface area contributed by atoms with E-state index < -0.39 is 11.9 Å². The summed E-state index contributed by atoms with van der Waals surface area (Å²) in [6.45, 7) is 5.93. The van der Waals surface area contributed by atoms with Gasteiger partial charge in [0.15, 0.2) is 0 Å². The van der Waals surface area contributed by atoms with E-state index in [9.17, 15) is 39.0 Å². The lowest BCUT2D eigenvalue weighted by molar-refractivity contribution is -0.140. The fourth-order valence-corrected chi connectivity index (χ4v) is 4.45. The molecule has 1 fully saturated rings. The van der Waals surface area contributed by atoms with E-state index in [2.05, 4.69) is 10.6 Å². The average Bonchev–Trinajstić information content (AvgIpc) is 2.89. The summed E-state index contributed by atoms with van der Waals surface area (Å²) in [5.41, 5.74) is 0. The molecule has 2 amide bonds. The fourth-order valence-electron chi connectivity index (χ4n) is 4.45. The Kier molecular flexibility index (Phi) is 19.2. The Labute approximate surface area is 242 Å². The number of aliphatic carboxylic acids is 2. The van der Waals surface area contributed by atoms with Gasteiger partial charge in [-0.1, -0.05) is 6.42 Å². The number of hydrogen-bond acceptors (Lipinski definition) is 10. The third-order valence-corrected chi connectivity index (χ3v) is 6.78. The quantitative estimate of drug-likeness (QED) is 0.111. The summed E-state index contributed by atoms with van der Waals surface area (Å²) in [6.07, 6.45) is 4.53. The van der Waals surface area contributed by atoms with Gasteiger partial charge >= 0.3 is 11.9 Å². The standard InChI is InChI=1S/C27H48N6O8/c1-23(35)6-5-9-28-24(36)7-3-2-4-8-29-25(37)20-31-12-10-30(18-19-34)11-13-32(21-26(38)39)16-17-33(15-14-31)22-27(40)41/h19H,2-18,20-22H2,1H3,(H,28,36)(H,29,37)(H,38,39)(H,40,41). The Morgan fingerprint density at radius 2 is 1.07 bits per heavy atom. The molecule has 1 aliphatic rings. The number of nitrogens with zero attached hydrogens (tertiary/aromatic N) is 4. The van der Waals surface area contributed by atoms with E-state index in [-0.39, 0.29) is 43.8 Å². The molecule has 14 nitrogen and oxygen atoms in total. The number of aldehydes is 1. The monoisotopic (exact) mass is 584 g/mol. The highest BCUT2D eigenvalue weighted by Crippen LogP contribution is 2.02. The first-order chi connectivity index (χ1) is 19.6. The Bertz CT molecular complexity index is 843. The van der Waals surface area contributed by atoms with Crippen molar-refractivity contribution in [2.75, 3.05) is 91.6 Å². The summed E-state index contributed by atoms with van der Waals surface area (Å²) < 4.78 is 0. The third-order valence-electron chi connectivity index (χ3n) is 6.78. The van der Waals surface area contributed by atoms with Crippen molar-refractivity contribution in [3.05, 3.63) is 0 Å². The largest absolute Gasteiger partial charge is 0.480 e. The zero-order valence-electron chi connectivity index (χ0n) is 24.4. The minimum atomic E-state index is -0.978. The van der Waals surface area contributed by atoms with E-state index in [0.29, 0.717) is 91.1 Å². The number of carboxylic acids is 2. The summed E-state index contributed by atoms with van der Waals surface area (Å²) in [5, 5.41) is 24.3. The molecule has 0 unspecified atom stereocenters. The molecular formula is C27H48N6O8. The van der Waals surface area contributed by atoms with Gasteiger partial charge in [-0.25, -0.2) is 0 Å². The van der Waals surface area contributed by atoms with Crippen LogP contribution >= 0.6 is 0 Å². The molecular weight excluding hydrogens is 536 g/mol. The second-order valence-electron chi connectivity index (χ2n) is 10.4. The molecule has 0 bridgehead atoms. The molecule has 1 heterocycles. The zero-order chi connectivity index (χ0) is 30.5. The van der Waals surface area contributed by atoms with Gasteiger partial charge in [-0.15, -0.1) is 0 Å². The predicted octanol–water partition coefficient (Wildman–Crippen LogP) is -1.26. The van der Waals surface area contributed by atoms with E-state index in [1.165, 1.54) is 6.92 Å². The SMILES string of the molecule is CC(=O)CCCNC(=O)CCCCCNC(=O)CN1CCN(CC=O)CCN(CC(=O)O)CCN(CC(=O)O)CC1. The molecule has 0 aliphatic carbocycles. The van der Waals surface area contributed by atoms with Gasteiger partial charge < -0.3 is 30.4 Å². The second-order valence-corrected chi connectivity index (χ2v) is 10.4. The second kappa shape index (κ2) is 21.8. The van der Waals surface area contributed by atoms with E-state index in [1.807, 2.05) is 9.80 Å². The first kappa shape index (κ1) is 36.1. The smallest absolute Gasteiger partial charge is 0.317 e. The Morgan fingerprint density at radius 1 is 0.610 bits per heavy atom. The maximum absolute atomic E-state index is 12.7. The lowest BCUT2D eigenvalue weighted by atomic mass is 10.2. The van der Waals surface area contributed by atoms with Crippen molar-refractivity contribution in [2.24, 2.45) is 0 Å². The number of rotatable bonds is 18. The van der Waals surface area contributed by atoms with Crippen molar-refractivity contribution in [1.82, 2.24) is 30.2 Å². The topological polar surface area (TPSA) is 180 Å². The molecule has 1 saturated heterocycles. The highest BCUT2D eigenvalue weighted by atomic mass is 16.4. The third kappa shape index (κ3) is 19.7. The molecule has 4 N–H and O–H groups in total. The van der Waals surface area contributed by atoms with Crippen molar-refractivity contribution in [2.45, 2.75) is 45.4 Å². The Morgan fingerprint density at radius 3 is 1.56 bits per heavy atom. The predicted molar refractivity (Wildman–Crippen MR) is 151 cm³/mol. The highest BCUT2D eigenvalue weighted by molar-refractivity contribution is 5.78. The Hall–Kier alpha value is -2.94. The van der Waals surface area contributed by atoms with Crippen LogP contribution in [0, 0.1) is 0 Å². The molecule has 1 rings (SSSR count). The van der Waals surface area contributed by atoms with Crippen LogP contribution in [0.15, 0.2) is 0 Å². The number of carboxylic acid groups (broad SMARTS) is 2. The van der Waals surface area contributed by atoms with Crippen molar-refractivity contribution >= 4 is 35.8 Å². The van der Waals surface area contributed by atoms with Crippen LogP contribution in [0.2, 0.25) is 0 Å². The van der Waals surface area contributed by atoms with Crippen LogP contribution < -0.4 is 10.6 Å². The highest BCUT2D eigenvalue weighted by Gasteiger charge is 2.20. The van der Waals surface area contributed by atoms with E-state index >= 15 is 0 Å². The maximum Gasteiger partial charge on any atom is 0.317 e. The van der Waals surface area contributed by atoms with Gasteiger partial charge in [0.2, 0.25) is 11.8 Å². The number of carbonyl (C=O) groups is 6. The normalized spacial score (nSPS) is 16.7. The Balaban J connectivity index is 2.53. The van der Waals surface area contributed by atoms with Gasteiger partial charge in [0.1, 0.15) is 12.1 Å². The van der Waals surface area contributed by atoms with E-state index in [4.69, 9.17) is 0 Å². The van der Waals surface area contributed by atoms with Crippen LogP contribution in [0.3, 0.4) is 0 Å². The maximum atomic E-state index is 12.7. The molecule has 0 aromatic rings. The van der Waals surface area contributed by atoms with Gasteiger partial charge in [0.05, 0.1) is 26.2 Å². The van der Waals surface area contributed by atoms with Crippen molar-refractivity contribution in [3.63, 3.8) is 0 Å². The van der Waals surface area contributed by atoms with Crippen LogP contribution in [0.5, 0.6) is 0 Å². The molecule has 0 aromatic heterocycles. The number of carbonyl (C=O) groups excluding carboxylic acids is 4. The summed E-state index contributed by atoms with van der Waals surface area (Å²) >= 11 is 0. The molecule has 1 aliphatic heterocycles.